The maximum atomic E-state index is 3.46. The van der Waals surface area contributed by atoms with Gasteiger partial charge >= 0.3 is 0 Å². The molecule has 1 N–H and O–H groups in total. The fourth-order valence-corrected chi connectivity index (χ4v) is 1.68. The molecule has 2 heteroatoms. The molecule has 0 aromatic heterocycles. The van der Waals surface area contributed by atoms with Crippen LogP contribution in [0.4, 0.5) is 0 Å². The molecular formula is C11H25NS. The molecule has 80 valence electrons. The van der Waals surface area contributed by atoms with Crippen LogP contribution in [0.5, 0.6) is 0 Å². The van der Waals surface area contributed by atoms with Gasteiger partial charge in [0.15, 0.2) is 0 Å². The summed E-state index contributed by atoms with van der Waals surface area (Å²) in [5.74, 6) is 1.25. The second-order valence-electron chi connectivity index (χ2n) is 3.51. The van der Waals surface area contributed by atoms with Crippen molar-refractivity contribution < 1.29 is 0 Å². The average Bonchev–Trinajstić information content (AvgIpc) is 2.16. The maximum Gasteiger partial charge on any atom is 0.00553 e. The van der Waals surface area contributed by atoms with Crippen molar-refractivity contribution in [3.05, 3.63) is 0 Å². The van der Waals surface area contributed by atoms with Gasteiger partial charge in [-0.05, 0) is 19.2 Å². The summed E-state index contributed by atoms with van der Waals surface area (Å²) in [6.45, 7) is 4.66. The Balaban J connectivity index is 2.76. The quantitative estimate of drug-likeness (QED) is 0.547. The Kier molecular flexibility index (Phi) is 12.6. The van der Waals surface area contributed by atoms with Crippen molar-refractivity contribution in [3.63, 3.8) is 0 Å². The summed E-state index contributed by atoms with van der Waals surface area (Å²) in [6, 6.07) is 0. The first-order chi connectivity index (χ1) is 6.41. The molecule has 0 aliphatic heterocycles. The van der Waals surface area contributed by atoms with Gasteiger partial charge in [-0.3, -0.25) is 0 Å². The van der Waals surface area contributed by atoms with Crippen LogP contribution in [0.15, 0.2) is 0 Å². The van der Waals surface area contributed by atoms with E-state index in [0.29, 0.717) is 0 Å². The Morgan fingerprint density at radius 2 is 1.62 bits per heavy atom. The van der Waals surface area contributed by atoms with Crippen molar-refractivity contribution in [2.75, 3.05) is 25.1 Å². The minimum absolute atomic E-state index is 1.18. The molecule has 0 rings (SSSR count). The van der Waals surface area contributed by atoms with E-state index in [9.17, 15) is 0 Å². The zero-order valence-electron chi connectivity index (χ0n) is 9.27. The Bertz CT molecular complexity index is 76.2. The van der Waals surface area contributed by atoms with Gasteiger partial charge in [0.1, 0.15) is 0 Å². The normalized spacial score (nSPS) is 10.6. The van der Waals surface area contributed by atoms with E-state index >= 15 is 0 Å². The van der Waals surface area contributed by atoms with Crippen molar-refractivity contribution in [1.29, 1.82) is 0 Å². The molecule has 0 saturated heterocycles. The first-order valence-electron chi connectivity index (χ1n) is 5.61. The molecule has 0 bridgehead atoms. The lowest BCUT2D eigenvalue weighted by molar-refractivity contribution is 0.581. The predicted molar refractivity (Wildman–Crippen MR) is 64.6 cm³/mol. The molecule has 0 fully saturated rings. The van der Waals surface area contributed by atoms with Crippen LogP contribution >= 0.6 is 11.8 Å². The lowest BCUT2D eigenvalue weighted by Crippen LogP contribution is -2.18. The zero-order valence-corrected chi connectivity index (χ0v) is 10.1. The molecule has 0 amide bonds. The van der Waals surface area contributed by atoms with Gasteiger partial charge < -0.3 is 5.32 Å². The van der Waals surface area contributed by atoms with Crippen LogP contribution in [0, 0.1) is 0 Å². The smallest absolute Gasteiger partial charge is 0.00553 e. The number of rotatable bonds is 10. The molecule has 0 unspecified atom stereocenters. The third kappa shape index (κ3) is 12.3. The summed E-state index contributed by atoms with van der Waals surface area (Å²) < 4.78 is 0. The largest absolute Gasteiger partial charge is 0.316 e. The van der Waals surface area contributed by atoms with Gasteiger partial charge in [0.05, 0.1) is 0 Å². The van der Waals surface area contributed by atoms with E-state index in [1.807, 2.05) is 11.8 Å². The first-order valence-corrected chi connectivity index (χ1v) is 7.00. The van der Waals surface area contributed by atoms with Crippen molar-refractivity contribution >= 4 is 11.8 Å². The van der Waals surface area contributed by atoms with Crippen LogP contribution in [0.25, 0.3) is 0 Å². The summed E-state index contributed by atoms with van der Waals surface area (Å²) in [5.41, 5.74) is 0. The predicted octanol–water partition coefficient (Wildman–Crippen LogP) is 3.30. The standard InChI is InChI=1S/C11H25NS/c1-3-4-5-6-7-8-9-12-10-11-13-2/h12H,3-11H2,1-2H3. The maximum absolute atomic E-state index is 3.46. The second kappa shape index (κ2) is 12.3. The highest BCUT2D eigenvalue weighted by atomic mass is 32.2. The number of hydrogen-bond acceptors (Lipinski definition) is 2. The van der Waals surface area contributed by atoms with Crippen LogP contribution in [-0.2, 0) is 0 Å². The van der Waals surface area contributed by atoms with E-state index in [4.69, 9.17) is 0 Å². The van der Waals surface area contributed by atoms with Crippen LogP contribution in [-0.4, -0.2) is 25.1 Å². The first kappa shape index (κ1) is 13.3. The minimum Gasteiger partial charge on any atom is -0.316 e. The lowest BCUT2D eigenvalue weighted by atomic mass is 10.1. The van der Waals surface area contributed by atoms with E-state index in [2.05, 4.69) is 18.5 Å². The fraction of sp³-hybridized carbons (Fsp3) is 1.00. The van der Waals surface area contributed by atoms with Crippen LogP contribution in [0.2, 0.25) is 0 Å². The molecular weight excluding hydrogens is 178 g/mol. The lowest BCUT2D eigenvalue weighted by Gasteiger charge is -2.03. The number of nitrogens with one attached hydrogen (secondary N) is 1. The zero-order chi connectivity index (χ0) is 9.78. The Morgan fingerprint density at radius 3 is 2.31 bits per heavy atom. The average molecular weight is 203 g/mol. The highest BCUT2D eigenvalue weighted by Crippen LogP contribution is 2.03. The molecule has 0 aliphatic carbocycles. The third-order valence-electron chi connectivity index (χ3n) is 2.19. The van der Waals surface area contributed by atoms with Crippen molar-refractivity contribution in [2.45, 2.75) is 45.4 Å². The van der Waals surface area contributed by atoms with E-state index in [1.165, 1.54) is 57.4 Å². The number of hydrogen-bond donors (Lipinski definition) is 1. The van der Waals surface area contributed by atoms with Gasteiger partial charge in [-0.1, -0.05) is 39.0 Å². The van der Waals surface area contributed by atoms with Gasteiger partial charge in [-0.25, -0.2) is 0 Å². The monoisotopic (exact) mass is 203 g/mol. The van der Waals surface area contributed by atoms with Gasteiger partial charge in [-0.15, -0.1) is 0 Å². The van der Waals surface area contributed by atoms with Crippen molar-refractivity contribution in [3.8, 4) is 0 Å². The van der Waals surface area contributed by atoms with E-state index in [0.717, 1.165) is 0 Å². The van der Waals surface area contributed by atoms with Crippen molar-refractivity contribution in [2.24, 2.45) is 0 Å². The SMILES string of the molecule is CCCCCCCCNCCSC. The van der Waals surface area contributed by atoms with Crippen LogP contribution < -0.4 is 5.32 Å². The number of thioether (sulfide) groups is 1. The van der Waals surface area contributed by atoms with Crippen LogP contribution in [0.1, 0.15) is 45.4 Å². The van der Waals surface area contributed by atoms with Gasteiger partial charge in [0, 0.05) is 12.3 Å². The fourth-order valence-electron chi connectivity index (χ4n) is 1.33. The van der Waals surface area contributed by atoms with Gasteiger partial charge in [0.2, 0.25) is 0 Å². The Morgan fingerprint density at radius 1 is 0.923 bits per heavy atom. The van der Waals surface area contributed by atoms with E-state index in [-0.39, 0.29) is 0 Å². The topological polar surface area (TPSA) is 12.0 Å². The highest BCUT2D eigenvalue weighted by molar-refractivity contribution is 7.98. The van der Waals surface area contributed by atoms with Crippen molar-refractivity contribution in [1.82, 2.24) is 5.32 Å². The molecule has 0 atom stereocenters. The highest BCUT2D eigenvalue weighted by Gasteiger charge is 1.89. The molecule has 0 aromatic rings. The third-order valence-corrected chi connectivity index (χ3v) is 2.80. The molecule has 0 aromatic carbocycles. The van der Waals surface area contributed by atoms with Gasteiger partial charge in [-0.2, -0.15) is 11.8 Å². The summed E-state index contributed by atoms with van der Waals surface area (Å²) in [7, 11) is 0. The molecule has 0 spiro atoms. The Hall–Kier alpha value is 0.310. The summed E-state index contributed by atoms with van der Waals surface area (Å²) >= 11 is 1.91. The molecule has 0 heterocycles. The van der Waals surface area contributed by atoms with E-state index in [1.54, 1.807) is 0 Å². The number of unbranched alkanes of at least 4 members (excludes halogenated alkanes) is 5. The second-order valence-corrected chi connectivity index (χ2v) is 4.50. The summed E-state index contributed by atoms with van der Waals surface area (Å²) in [6.07, 6.45) is 10.6. The van der Waals surface area contributed by atoms with Crippen LogP contribution in [0.3, 0.4) is 0 Å². The molecule has 0 radical (unpaired) electrons. The molecule has 1 nitrogen and oxygen atoms in total. The molecule has 0 saturated carbocycles. The summed E-state index contributed by atoms with van der Waals surface area (Å²) in [5, 5.41) is 3.46. The van der Waals surface area contributed by atoms with E-state index < -0.39 is 0 Å². The minimum atomic E-state index is 1.18. The molecule has 0 aliphatic rings. The van der Waals surface area contributed by atoms with Gasteiger partial charge in [0.25, 0.3) is 0 Å². The molecule has 13 heavy (non-hydrogen) atoms. The Labute approximate surface area is 88.1 Å². The summed E-state index contributed by atoms with van der Waals surface area (Å²) in [4.78, 5) is 0.